The van der Waals surface area contributed by atoms with Gasteiger partial charge < -0.3 is 19.9 Å². The minimum absolute atomic E-state index is 0.0158. The summed E-state index contributed by atoms with van der Waals surface area (Å²) >= 11 is 0. The summed E-state index contributed by atoms with van der Waals surface area (Å²) in [6, 6.07) is 1.10. The summed E-state index contributed by atoms with van der Waals surface area (Å²) in [7, 11) is -4.04. The van der Waals surface area contributed by atoms with Gasteiger partial charge in [-0.05, 0) is 25.8 Å². The molecule has 1 saturated carbocycles. The van der Waals surface area contributed by atoms with Crippen LogP contribution in [0.1, 0.15) is 36.3 Å². The van der Waals surface area contributed by atoms with Crippen LogP contribution in [0.15, 0.2) is 17.2 Å². The molecule has 8 nitrogen and oxygen atoms in total. The number of rotatable bonds is 7. The van der Waals surface area contributed by atoms with Crippen LogP contribution in [0.5, 0.6) is 0 Å². The fourth-order valence-corrected chi connectivity index (χ4v) is 3.34. The van der Waals surface area contributed by atoms with Crippen molar-refractivity contribution in [3.8, 4) is 0 Å². The van der Waals surface area contributed by atoms with Crippen LogP contribution in [0.2, 0.25) is 0 Å². The van der Waals surface area contributed by atoms with Crippen molar-refractivity contribution in [3.05, 3.63) is 18.0 Å². The van der Waals surface area contributed by atoms with E-state index < -0.39 is 34.7 Å². The van der Waals surface area contributed by atoms with Gasteiger partial charge in [-0.3, -0.25) is 0 Å². The van der Waals surface area contributed by atoms with E-state index in [4.69, 9.17) is 15.3 Å². The fraction of sp³-hybridized carbons (Fsp3) is 0.583. The lowest BCUT2D eigenvalue weighted by Gasteiger charge is -2.25. The molecule has 0 amide bonds. The molecule has 0 spiro atoms. The molecular formula is C12H18N2O6S. The van der Waals surface area contributed by atoms with Crippen LogP contribution in [0, 0.1) is 0 Å². The number of nitrogens with zero attached hydrogens (tertiary/aromatic N) is 1. The van der Waals surface area contributed by atoms with Crippen molar-refractivity contribution in [2.24, 2.45) is 0 Å². The molecule has 0 saturated heterocycles. The predicted octanol–water partition coefficient (Wildman–Crippen LogP) is -0.457. The van der Waals surface area contributed by atoms with Crippen molar-refractivity contribution in [3.63, 3.8) is 0 Å². The Bertz CT molecular complexity index is 643. The van der Waals surface area contributed by atoms with E-state index in [0.29, 0.717) is 0 Å². The number of aromatic carboxylic acids is 1. The summed E-state index contributed by atoms with van der Waals surface area (Å²) in [6.07, 6.45) is 2.90. The maximum atomic E-state index is 12.3. The number of aliphatic hydroxyl groups excluding tert-OH is 2. The van der Waals surface area contributed by atoms with Gasteiger partial charge in [0.05, 0.1) is 18.8 Å². The lowest BCUT2D eigenvalue weighted by molar-refractivity contribution is 0.0685. The highest BCUT2D eigenvalue weighted by atomic mass is 32.2. The molecule has 118 valence electrons. The second kappa shape index (κ2) is 5.41. The van der Waals surface area contributed by atoms with Crippen LogP contribution in [0.4, 0.5) is 0 Å². The van der Waals surface area contributed by atoms with Crippen LogP contribution in [-0.2, 0) is 10.0 Å². The van der Waals surface area contributed by atoms with E-state index in [1.54, 1.807) is 0 Å². The Kier molecular flexibility index (Phi) is 4.11. The van der Waals surface area contributed by atoms with Gasteiger partial charge in [0.2, 0.25) is 10.0 Å². The normalized spacial score (nSPS) is 16.1. The Balaban J connectivity index is 2.36. The number of hydrogen-bond donors (Lipinski definition) is 4. The van der Waals surface area contributed by atoms with Crippen LogP contribution in [-0.4, -0.2) is 53.0 Å². The highest BCUT2D eigenvalue weighted by Crippen LogP contribution is 2.37. The summed E-state index contributed by atoms with van der Waals surface area (Å²) in [6.45, 7) is 0.177. The molecule has 0 radical (unpaired) electrons. The molecule has 9 heteroatoms. The first-order chi connectivity index (χ1) is 9.72. The summed E-state index contributed by atoms with van der Waals surface area (Å²) in [5.74, 6) is -1.20. The molecule has 0 unspecified atom stereocenters. The van der Waals surface area contributed by atoms with Crippen LogP contribution < -0.4 is 4.72 Å². The minimum Gasteiger partial charge on any atom is -0.477 e. The first-order valence-corrected chi connectivity index (χ1v) is 7.91. The molecule has 0 aliphatic heterocycles. The average Bonchev–Trinajstić information content (AvgIpc) is 3.15. The van der Waals surface area contributed by atoms with E-state index in [9.17, 15) is 13.2 Å². The lowest BCUT2D eigenvalue weighted by Crippen LogP contribution is -2.51. The number of aliphatic hydroxyl groups is 2. The molecule has 21 heavy (non-hydrogen) atoms. The summed E-state index contributed by atoms with van der Waals surface area (Å²) in [5, 5.41) is 27.4. The van der Waals surface area contributed by atoms with E-state index in [-0.39, 0.29) is 16.6 Å². The van der Waals surface area contributed by atoms with Gasteiger partial charge in [-0.1, -0.05) is 0 Å². The zero-order chi connectivity index (χ0) is 15.8. The van der Waals surface area contributed by atoms with Gasteiger partial charge in [0.25, 0.3) is 0 Å². The molecule has 1 heterocycles. The molecule has 2 rings (SSSR count). The van der Waals surface area contributed by atoms with Crippen molar-refractivity contribution in [1.29, 1.82) is 0 Å². The van der Waals surface area contributed by atoms with Gasteiger partial charge >= 0.3 is 5.97 Å². The van der Waals surface area contributed by atoms with Gasteiger partial charge in [-0.2, -0.15) is 0 Å². The second-order valence-electron chi connectivity index (χ2n) is 5.49. The number of carboxylic acid groups (broad SMARTS) is 1. The minimum atomic E-state index is -4.04. The van der Waals surface area contributed by atoms with Crippen LogP contribution >= 0.6 is 0 Å². The van der Waals surface area contributed by atoms with E-state index in [1.165, 1.54) is 17.7 Å². The van der Waals surface area contributed by atoms with Gasteiger partial charge in [0.1, 0.15) is 10.6 Å². The fourth-order valence-electron chi connectivity index (χ4n) is 1.92. The zero-order valence-electron chi connectivity index (χ0n) is 11.5. The Morgan fingerprint density at radius 3 is 2.43 bits per heavy atom. The van der Waals surface area contributed by atoms with Crippen LogP contribution in [0.25, 0.3) is 0 Å². The number of nitrogens with one attached hydrogen (secondary N) is 1. The summed E-state index contributed by atoms with van der Waals surface area (Å²) in [4.78, 5) is 11.0. The largest absolute Gasteiger partial charge is 0.477 e. The molecule has 1 aliphatic carbocycles. The molecule has 4 N–H and O–H groups in total. The average molecular weight is 318 g/mol. The maximum absolute atomic E-state index is 12.3. The zero-order valence-corrected chi connectivity index (χ0v) is 12.3. The third kappa shape index (κ3) is 3.26. The number of hydrogen-bond acceptors (Lipinski definition) is 5. The Labute approximate surface area is 122 Å². The van der Waals surface area contributed by atoms with Crippen molar-refractivity contribution < 1.29 is 28.5 Å². The number of sulfonamides is 1. The SMILES string of the molecule is CC(CO)(CO)NS(=O)(=O)c1cc(C(=O)O)n(C2CC2)c1. The topological polar surface area (TPSA) is 129 Å². The van der Waals surface area contributed by atoms with Gasteiger partial charge in [0, 0.05) is 12.2 Å². The number of aromatic nitrogens is 1. The molecule has 1 fully saturated rings. The van der Waals surface area contributed by atoms with Crippen LogP contribution in [0.3, 0.4) is 0 Å². The third-order valence-corrected chi connectivity index (χ3v) is 4.98. The van der Waals surface area contributed by atoms with Crippen molar-refractivity contribution >= 4 is 16.0 Å². The van der Waals surface area contributed by atoms with Gasteiger partial charge in [-0.15, -0.1) is 0 Å². The lowest BCUT2D eigenvalue weighted by atomic mass is 10.1. The van der Waals surface area contributed by atoms with Crippen molar-refractivity contribution in [2.75, 3.05) is 13.2 Å². The standard InChI is InChI=1S/C12H18N2O6S/c1-12(6-15,7-16)13-21(19,20)9-4-10(11(17)18)14(5-9)8-2-3-8/h4-5,8,13,15-16H,2-3,6-7H2,1H3,(H,17,18). The highest BCUT2D eigenvalue weighted by Gasteiger charge is 2.33. The highest BCUT2D eigenvalue weighted by molar-refractivity contribution is 7.89. The Morgan fingerprint density at radius 2 is 2.00 bits per heavy atom. The molecule has 0 atom stereocenters. The molecule has 0 bridgehead atoms. The summed E-state index contributed by atoms with van der Waals surface area (Å²) < 4.78 is 28.1. The first kappa shape index (κ1) is 16.0. The van der Waals surface area contributed by atoms with E-state index in [0.717, 1.165) is 18.9 Å². The monoisotopic (exact) mass is 318 g/mol. The van der Waals surface area contributed by atoms with E-state index in [1.807, 2.05) is 0 Å². The molecular weight excluding hydrogens is 300 g/mol. The van der Waals surface area contributed by atoms with Crippen molar-refractivity contribution in [1.82, 2.24) is 9.29 Å². The quantitative estimate of drug-likeness (QED) is 0.538. The van der Waals surface area contributed by atoms with E-state index in [2.05, 4.69) is 4.72 Å². The molecule has 1 aliphatic rings. The molecule has 1 aromatic rings. The smallest absolute Gasteiger partial charge is 0.352 e. The number of carboxylic acids is 1. The number of carbonyl (C=O) groups is 1. The molecule has 0 aromatic carbocycles. The Morgan fingerprint density at radius 1 is 1.43 bits per heavy atom. The molecule has 1 aromatic heterocycles. The predicted molar refractivity (Wildman–Crippen MR) is 72.6 cm³/mol. The third-order valence-electron chi connectivity index (χ3n) is 3.37. The summed E-state index contributed by atoms with van der Waals surface area (Å²) in [5.41, 5.74) is -1.50. The van der Waals surface area contributed by atoms with Gasteiger partial charge in [-0.25, -0.2) is 17.9 Å². The van der Waals surface area contributed by atoms with E-state index >= 15 is 0 Å². The maximum Gasteiger partial charge on any atom is 0.352 e. The second-order valence-corrected chi connectivity index (χ2v) is 7.17. The Hall–Kier alpha value is -1.42. The van der Waals surface area contributed by atoms with Gasteiger partial charge in [0.15, 0.2) is 0 Å². The first-order valence-electron chi connectivity index (χ1n) is 6.43. The van der Waals surface area contributed by atoms with Crippen molar-refractivity contribution in [2.45, 2.75) is 36.2 Å².